The van der Waals surface area contributed by atoms with Gasteiger partial charge in [0.25, 0.3) is 0 Å². The highest BCUT2D eigenvalue weighted by molar-refractivity contribution is 5.68. The molecule has 4 nitrogen and oxygen atoms in total. The number of hydrogen-bond donors (Lipinski definition) is 1. The molecule has 1 heterocycles. The van der Waals surface area contributed by atoms with Crippen LogP contribution in [0.25, 0.3) is 0 Å². The molecule has 2 rings (SSSR count). The van der Waals surface area contributed by atoms with Gasteiger partial charge in [-0.2, -0.15) is 0 Å². The first-order valence-corrected chi connectivity index (χ1v) is 6.54. The van der Waals surface area contributed by atoms with Gasteiger partial charge >= 0.3 is 5.97 Å². The minimum atomic E-state index is -0.955. The van der Waals surface area contributed by atoms with Crippen molar-refractivity contribution < 1.29 is 14.6 Å². The fourth-order valence-corrected chi connectivity index (χ4v) is 2.32. The zero-order valence-electron chi connectivity index (χ0n) is 11.1. The molecule has 1 atom stereocenters. The summed E-state index contributed by atoms with van der Waals surface area (Å²) in [5, 5.41) is 8.68. The van der Waals surface area contributed by atoms with E-state index in [1.807, 2.05) is 24.3 Å². The molecule has 0 saturated heterocycles. The monoisotopic (exact) mass is 261 g/mol. The van der Waals surface area contributed by atoms with Gasteiger partial charge in [-0.3, -0.25) is 4.90 Å². The van der Waals surface area contributed by atoms with Crippen LogP contribution in [0.4, 0.5) is 0 Å². The van der Waals surface area contributed by atoms with E-state index in [1.54, 1.807) is 0 Å². The summed E-state index contributed by atoms with van der Waals surface area (Å²) in [6, 6.07) is 8.09. The lowest BCUT2D eigenvalue weighted by molar-refractivity contribution is -0.139. The number of rotatable bonds is 6. The Morgan fingerprint density at radius 2 is 2.26 bits per heavy atom. The van der Waals surface area contributed by atoms with Crippen molar-refractivity contribution in [2.45, 2.75) is 25.9 Å². The lowest BCUT2D eigenvalue weighted by Crippen LogP contribution is -2.29. The summed E-state index contributed by atoms with van der Waals surface area (Å²) in [5.74, 6) is -0.296. The van der Waals surface area contributed by atoms with Crippen LogP contribution in [0.2, 0.25) is 0 Å². The van der Waals surface area contributed by atoms with E-state index in [0.717, 1.165) is 25.1 Å². The van der Waals surface area contributed by atoms with Crippen molar-refractivity contribution >= 4 is 5.97 Å². The van der Waals surface area contributed by atoms with Crippen LogP contribution in [-0.2, 0) is 11.3 Å². The molecule has 1 N–H and O–H groups in total. The van der Waals surface area contributed by atoms with Gasteiger partial charge < -0.3 is 9.84 Å². The Labute approximate surface area is 113 Å². The van der Waals surface area contributed by atoms with Crippen LogP contribution in [0, 0.1) is 0 Å². The number of hydrogen-bond acceptors (Lipinski definition) is 3. The van der Waals surface area contributed by atoms with Gasteiger partial charge in [0.2, 0.25) is 0 Å². The van der Waals surface area contributed by atoms with E-state index in [9.17, 15) is 4.79 Å². The van der Waals surface area contributed by atoms with Crippen LogP contribution in [-0.4, -0.2) is 35.2 Å². The Balaban J connectivity index is 2.05. The van der Waals surface area contributed by atoms with Gasteiger partial charge in [-0.1, -0.05) is 37.3 Å². The largest absolute Gasteiger partial charge is 0.482 e. The third kappa shape index (κ3) is 3.58. The maximum Gasteiger partial charge on any atom is 0.341 e. The number of carboxylic acids is 1. The van der Waals surface area contributed by atoms with E-state index in [-0.39, 0.29) is 6.61 Å². The second-order valence-corrected chi connectivity index (χ2v) is 4.62. The summed E-state index contributed by atoms with van der Waals surface area (Å²) in [5.41, 5.74) is 1.03. The first kappa shape index (κ1) is 13.6. The molecule has 102 valence electrons. The summed E-state index contributed by atoms with van der Waals surface area (Å²) in [4.78, 5) is 12.9. The van der Waals surface area contributed by atoms with Crippen molar-refractivity contribution in [3.63, 3.8) is 0 Å². The fourth-order valence-electron chi connectivity index (χ4n) is 2.32. The molecule has 0 aromatic heterocycles. The molecule has 0 spiro atoms. The van der Waals surface area contributed by atoms with Gasteiger partial charge in [-0.15, -0.1) is 0 Å². The molecule has 0 aliphatic carbocycles. The van der Waals surface area contributed by atoms with E-state index in [2.05, 4.69) is 24.0 Å². The first-order valence-electron chi connectivity index (χ1n) is 6.54. The predicted molar refractivity (Wildman–Crippen MR) is 73.2 cm³/mol. The number of carboxylic acid groups (broad SMARTS) is 1. The Morgan fingerprint density at radius 1 is 1.47 bits per heavy atom. The molecule has 4 heteroatoms. The molecule has 1 aromatic carbocycles. The maximum absolute atomic E-state index is 10.6. The molecule has 1 unspecified atom stereocenters. The lowest BCUT2D eigenvalue weighted by Gasteiger charge is -2.24. The van der Waals surface area contributed by atoms with E-state index < -0.39 is 5.97 Å². The van der Waals surface area contributed by atoms with Gasteiger partial charge in [0.1, 0.15) is 5.75 Å². The standard InChI is InChI=1S/C15H19NO3/c1-2-13-7-5-9-16(13)10-12-6-3-4-8-14(12)19-11-15(17)18/h3-8,13H,2,9-11H2,1H3,(H,17,18). The molecule has 0 saturated carbocycles. The second-order valence-electron chi connectivity index (χ2n) is 4.62. The molecular weight excluding hydrogens is 242 g/mol. The van der Waals surface area contributed by atoms with Gasteiger partial charge in [0.15, 0.2) is 6.61 Å². The molecule has 1 aliphatic rings. The first-order chi connectivity index (χ1) is 9.20. The Hall–Kier alpha value is -1.81. The highest BCUT2D eigenvalue weighted by Crippen LogP contribution is 2.23. The van der Waals surface area contributed by atoms with Crippen molar-refractivity contribution in [1.82, 2.24) is 4.90 Å². The zero-order chi connectivity index (χ0) is 13.7. The molecule has 19 heavy (non-hydrogen) atoms. The predicted octanol–water partition coefficient (Wildman–Crippen LogP) is 2.30. The van der Waals surface area contributed by atoms with E-state index in [0.29, 0.717) is 11.8 Å². The summed E-state index contributed by atoms with van der Waals surface area (Å²) in [6.07, 6.45) is 5.48. The van der Waals surface area contributed by atoms with E-state index in [1.165, 1.54) is 0 Å². The maximum atomic E-state index is 10.6. The average molecular weight is 261 g/mol. The highest BCUT2D eigenvalue weighted by atomic mass is 16.5. The third-order valence-electron chi connectivity index (χ3n) is 3.28. The number of ether oxygens (including phenoxy) is 1. The fraction of sp³-hybridized carbons (Fsp3) is 0.400. The van der Waals surface area contributed by atoms with Gasteiger partial charge in [0, 0.05) is 24.7 Å². The molecular formula is C15H19NO3. The van der Waals surface area contributed by atoms with Crippen LogP contribution in [0.15, 0.2) is 36.4 Å². The summed E-state index contributed by atoms with van der Waals surface area (Å²) >= 11 is 0. The second kappa shape index (κ2) is 6.38. The van der Waals surface area contributed by atoms with Crippen molar-refractivity contribution in [1.29, 1.82) is 0 Å². The van der Waals surface area contributed by atoms with E-state index in [4.69, 9.17) is 9.84 Å². The molecule has 0 amide bonds. The Bertz CT molecular complexity index is 470. The number of para-hydroxylation sites is 1. The number of carbonyl (C=O) groups is 1. The Kier molecular flexibility index (Phi) is 4.58. The van der Waals surface area contributed by atoms with Gasteiger partial charge in [-0.05, 0) is 12.5 Å². The van der Waals surface area contributed by atoms with Crippen molar-refractivity contribution in [2.24, 2.45) is 0 Å². The molecule has 0 radical (unpaired) electrons. The minimum Gasteiger partial charge on any atom is -0.482 e. The van der Waals surface area contributed by atoms with Gasteiger partial charge in [-0.25, -0.2) is 4.79 Å². The zero-order valence-corrected chi connectivity index (χ0v) is 11.1. The Morgan fingerprint density at radius 3 is 3.00 bits per heavy atom. The SMILES string of the molecule is CCC1C=CCN1Cc1ccccc1OCC(=O)O. The third-order valence-corrected chi connectivity index (χ3v) is 3.28. The molecule has 1 aromatic rings. The number of nitrogens with zero attached hydrogens (tertiary/aromatic N) is 1. The smallest absolute Gasteiger partial charge is 0.341 e. The molecule has 1 aliphatic heterocycles. The quantitative estimate of drug-likeness (QED) is 0.798. The lowest BCUT2D eigenvalue weighted by atomic mass is 10.1. The topological polar surface area (TPSA) is 49.8 Å². The van der Waals surface area contributed by atoms with Crippen LogP contribution in [0.3, 0.4) is 0 Å². The number of aliphatic carboxylic acids is 1. The van der Waals surface area contributed by atoms with Crippen LogP contribution in [0.1, 0.15) is 18.9 Å². The highest BCUT2D eigenvalue weighted by Gasteiger charge is 2.19. The van der Waals surface area contributed by atoms with E-state index >= 15 is 0 Å². The summed E-state index contributed by atoms with van der Waals surface area (Å²) in [7, 11) is 0. The van der Waals surface area contributed by atoms with Crippen LogP contribution < -0.4 is 4.74 Å². The molecule has 0 bridgehead atoms. The normalized spacial score (nSPS) is 18.7. The molecule has 0 fully saturated rings. The average Bonchev–Trinajstić information content (AvgIpc) is 2.85. The minimum absolute atomic E-state index is 0.299. The van der Waals surface area contributed by atoms with Gasteiger partial charge in [0.05, 0.1) is 0 Å². The van der Waals surface area contributed by atoms with Crippen LogP contribution >= 0.6 is 0 Å². The summed E-state index contributed by atoms with van der Waals surface area (Å²) < 4.78 is 5.33. The summed E-state index contributed by atoms with van der Waals surface area (Å²) in [6.45, 7) is 3.58. The number of benzene rings is 1. The van der Waals surface area contributed by atoms with Crippen molar-refractivity contribution in [2.75, 3.05) is 13.2 Å². The van der Waals surface area contributed by atoms with Crippen LogP contribution in [0.5, 0.6) is 5.75 Å². The van der Waals surface area contributed by atoms with Crippen molar-refractivity contribution in [3.05, 3.63) is 42.0 Å². The van der Waals surface area contributed by atoms with Crippen molar-refractivity contribution in [3.8, 4) is 5.75 Å².